The molecule has 0 saturated carbocycles. The predicted molar refractivity (Wildman–Crippen MR) is 71.8 cm³/mol. The molecule has 0 aliphatic carbocycles. The molecular formula is C12H18N2O3S. The van der Waals surface area contributed by atoms with E-state index in [2.05, 4.69) is 10.6 Å². The molecule has 6 heteroatoms. The molecule has 2 amide bonds. The lowest BCUT2D eigenvalue weighted by Gasteiger charge is -2.18. The Labute approximate surface area is 110 Å². The number of anilines is 1. The molecular weight excluding hydrogens is 252 g/mol. The first-order valence-corrected chi connectivity index (χ1v) is 6.54. The van der Waals surface area contributed by atoms with E-state index >= 15 is 0 Å². The number of carbonyl (C=O) groups is 2. The van der Waals surface area contributed by atoms with Gasteiger partial charge in [0.25, 0.3) is 5.91 Å². The fraction of sp³-hybridized carbons (Fsp3) is 0.500. The van der Waals surface area contributed by atoms with E-state index in [1.165, 1.54) is 18.3 Å². The Morgan fingerprint density at radius 3 is 2.61 bits per heavy atom. The summed E-state index contributed by atoms with van der Waals surface area (Å²) in [7, 11) is 0. The Bertz CT molecular complexity index is 431. The van der Waals surface area contributed by atoms with Crippen LogP contribution in [-0.2, 0) is 4.79 Å². The molecule has 100 valence electrons. The number of carbonyl (C=O) groups excluding carboxylic acids is 2. The largest absolute Gasteiger partial charge is 0.396 e. The van der Waals surface area contributed by atoms with E-state index in [0.717, 1.165) is 0 Å². The van der Waals surface area contributed by atoms with Crippen molar-refractivity contribution < 1.29 is 14.7 Å². The monoisotopic (exact) mass is 270 g/mol. The number of aliphatic hydroxyl groups is 1. The van der Waals surface area contributed by atoms with Crippen LogP contribution < -0.4 is 10.6 Å². The van der Waals surface area contributed by atoms with Crippen molar-refractivity contribution in [2.45, 2.75) is 26.8 Å². The van der Waals surface area contributed by atoms with Gasteiger partial charge in [0.05, 0.1) is 9.88 Å². The zero-order valence-corrected chi connectivity index (χ0v) is 11.5. The fourth-order valence-corrected chi connectivity index (χ4v) is 2.13. The van der Waals surface area contributed by atoms with Gasteiger partial charge in [-0.05, 0) is 25.0 Å². The van der Waals surface area contributed by atoms with E-state index in [4.69, 9.17) is 5.11 Å². The highest BCUT2D eigenvalue weighted by atomic mass is 32.1. The molecule has 1 heterocycles. The van der Waals surface area contributed by atoms with Crippen molar-refractivity contribution >= 4 is 28.2 Å². The van der Waals surface area contributed by atoms with Crippen LogP contribution in [0.15, 0.2) is 12.1 Å². The fourth-order valence-electron chi connectivity index (χ4n) is 1.28. The van der Waals surface area contributed by atoms with Crippen LogP contribution in [0.4, 0.5) is 5.00 Å². The zero-order chi connectivity index (χ0) is 13.7. The minimum absolute atomic E-state index is 0.00345. The van der Waals surface area contributed by atoms with E-state index in [1.807, 2.05) is 13.8 Å². The molecule has 3 N–H and O–H groups in total. The normalized spacial score (nSPS) is 13.8. The minimum Gasteiger partial charge on any atom is -0.396 e. The molecule has 0 aliphatic rings. The van der Waals surface area contributed by atoms with Crippen LogP contribution in [0, 0.1) is 5.92 Å². The lowest BCUT2D eigenvalue weighted by atomic mass is 10.1. The van der Waals surface area contributed by atoms with Gasteiger partial charge in [0.1, 0.15) is 0 Å². The number of hydrogen-bond acceptors (Lipinski definition) is 4. The first kappa shape index (κ1) is 14.7. The summed E-state index contributed by atoms with van der Waals surface area (Å²) in [5, 5.41) is 15.1. The van der Waals surface area contributed by atoms with Gasteiger partial charge < -0.3 is 15.7 Å². The second kappa shape index (κ2) is 6.51. The van der Waals surface area contributed by atoms with Crippen molar-refractivity contribution in [2.24, 2.45) is 5.92 Å². The SMILES string of the molecule is CC(=O)Nc1ccc(C(=O)NC(C)C(C)CO)s1. The third-order valence-electron chi connectivity index (χ3n) is 2.63. The van der Waals surface area contributed by atoms with Gasteiger partial charge in [-0.15, -0.1) is 11.3 Å². The minimum atomic E-state index is -0.190. The van der Waals surface area contributed by atoms with Gasteiger partial charge in [-0.3, -0.25) is 9.59 Å². The van der Waals surface area contributed by atoms with Crippen molar-refractivity contribution in [1.82, 2.24) is 5.32 Å². The second-order valence-corrected chi connectivity index (χ2v) is 5.35. The summed E-state index contributed by atoms with van der Waals surface area (Å²) in [5.74, 6) is -0.348. The topological polar surface area (TPSA) is 78.4 Å². The molecule has 5 nitrogen and oxygen atoms in total. The van der Waals surface area contributed by atoms with Gasteiger partial charge in [0, 0.05) is 19.6 Å². The van der Waals surface area contributed by atoms with E-state index in [-0.39, 0.29) is 30.4 Å². The van der Waals surface area contributed by atoms with E-state index in [0.29, 0.717) is 9.88 Å². The molecule has 0 aliphatic heterocycles. The van der Waals surface area contributed by atoms with Gasteiger partial charge in [-0.1, -0.05) is 6.92 Å². The summed E-state index contributed by atoms with van der Waals surface area (Å²) in [6, 6.07) is 3.26. The second-order valence-electron chi connectivity index (χ2n) is 4.27. The van der Waals surface area contributed by atoms with Crippen LogP contribution in [0.25, 0.3) is 0 Å². The Morgan fingerprint density at radius 1 is 1.39 bits per heavy atom. The Morgan fingerprint density at radius 2 is 2.06 bits per heavy atom. The molecule has 0 bridgehead atoms. The predicted octanol–water partition coefficient (Wildman–Crippen LogP) is 1.45. The average molecular weight is 270 g/mol. The van der Waals surface area contributed by atoms with Gasteiger partial charge in [-0.25, -0.2) is 0 Å². The molecule has 2 atom stereocenters. The lowest BCUT2D eigenvalue weighted by Crippen LogP contribution is -2.37. The van der Waals surface area contributed by atoms with Crippen LogP contribution in [0.2, 0.25) is 0 Å². The summed E-state index contributed by atoms with van der Waals surface area (Å²) in [5.41, 5.74) is 0. The maximum Gasteiger partial charge on any atom is 0.261 e. The number of thiophene rings is 1. The van der Waals surface area contributed by atoms with Gasteiger partial charge in [0.2, 0.25) is 5.91 Å². The molecule has 1 aromatic rings. The standard InChI is InChI=1S/C12H18N2O3S/c1-7(6-15)8(2)13-12(17)10-4-5-11(18-10)14-9(3)16/h4-5,7-8,15H,6H2,1-3H3,(H,13,17)(H,14,16). The molecule has 1 aromatic heterocycles. The summed E-state index contributed by atoms with van der Waals surface area (Å²) in [4.78, 5) is 23.3. The van der Waals surface area contributed by atoms with Crippen molar-refractivity contribution in [3.63, 3.8) is 0 Å². The molecule has 2 unspecified atom stereocenters. The van der Waals surface area contributed by atoms with Crippen molar-refractivity contribution in [3.8, 4) is 0 Å². The highest BCUT2D eigenvalue weighted by molar-refractivity contribution is 7.18. The van der Waals surface area contributed by atoms with E-state index < -0.39 is 0 Å². The third-order valence-corrected chi connectivity index (χ3v) is 3.63. The maximum atomic E-state index is 11.9. The molecule has 0 saturated heterocycles. The molecule has 0 fully saturated rings. The molecule has 18 heavy (non-hydrogen) atoms. The van der Waals surface area contributed by atoms with Crippen molar-refractivity contribution in [2.75, 3.05) is 11.9 Å². The number of amides is 2. The number of rotatable bonds is 5. The quantitative estimate of drug-likeness (QED) is 0.758. The van der Waals surface area contributed by atoms with Crippen molar-refractivity contribution in [3.05, 3.63) is 17.0 Å². The van der Waals surface area contributed by atoms with Gasteiger partial charge in [-0.2, -0.15) is 0 Å². The van der Waals surface area contributed by atoms with Crippen LogP contribution in [-0.4, -0.2) is 29.6 Å². The summed E-state index contributed by atoms with van der Waals surface area (Å²) < 4.78 is 0. The molecule has 0 aromatic carbocycles. The zero-order valence-electron chi connectivity index (χ0n) is 10.7. The van der Waals surface area contributed by atoms with Gasteiger partial charge in [0.15, 0.2) is 0 Å². The lowest BCUT2D eigenvalue weighted by molar-refractivity contribution is -0.114. The Kier molecular flexibility index (Phi) is 5.30. The summed E-state index contributed by atoms with van der Waals surface area (Å²) in [6.07, 6.45) is 0. The van der Waals surface area contributed by atoms with E-state index in [9.17, 15) is 9.59 Å². The molecule has 1 rings (SSSR count). The number of aliphatic hydroxyl groups excluding tert-OH is 1. The Balaban J connectivity index is 2.61. The van der Waals surface area contributed by atoms with Crippen LogP contribution in [0.3, 0.4) is 0 Å². The van der Waals surface area contributed by atoms with Crippen LogP contribution in [0.5, 0.6) is 0 Å². The number of hydrogen-bond donors (Lipinski definition) is 3. The van der Waals surface area contributed by atoms with Gasteiger partial charge >= 0.3 is 0 Å². The summed E-state index contributed by atoms with van der Waals surface area (Å²) >= 11 is 1.22. The van der Waals surface area contributed by atoms with Crippen LogP contribution in [0.1, 0.15) is 30.4 Å². The molecule has 0 radical (unpaired) electrons. The smallest absolute Gasteiger partial charge is 0.261 e. The summed E-state index contributed by atoms with van der Waals surface area (Å²) in [6.45, 7) is 5.16. The first-order valence-electron chi connectivity index (χ1n) is 5.73. The Hall–Kier alpha value is -1.40. The third kappa shape index (κ3) is 4.12. The van der Waals surface area contributed by atoms with Crippen molar-refractivity contribution in [1.29, 1.82) is 0 Å². The highest BCUT2D eigenvalue weighted by Crippen LogP contribution is 2.21. The maximum absolute atomic E-state index is 11.9. The van der Waals surface area contributed by atoms with Crippen LogP contribution >= 0.6 is 11.3 Å². The average Bonchev–Trinajstić information content (AvgIpc) is 2.75. The molecule has 0 spiro atoms. The number of nitrogens with one attached hydrogen (secondary N) is 2. The highest BCUT2D eigenvalue weighted by Gasteiger charge is 2.16. The first-order chi connectivity index (χ1) is 8.43. The van der Waals surface area contributed by atoms with E-state index in [1.54, 1.807) is 12.1 Å².